The zero-order valence-corrected chi connectivity index (χ0v) is 79.6. The molecular formula is C101H114N24O12. The van der Waals surface area contributed by atoms with E-state index in [1.807, 2.05) is 194 Å². The topological polar surface area (TPSA) is 369 Å². The number of carbonyl (C=O) groups excluding carboxylic acids is 1. The smallest absolute Gasteiger partial charge is 0.410 e. The number of methoxy groups -OCH3 is 8. The molecule has 1 aliphatic carbocycles. The highest BCUT2D eigenvalue weighted by Gasteiger charge is 2.29. The number of fused-ring (bicyclic) bond motifs is 4. The predicted molar refractivity (Wildman–Crippen MR) is 530 cm³/mol. The Labute approximate surface area is 794 Å². The molecule has 137 heavy (non-hydrogen) atoms. The molecule has 0 spiro atoms. The Morgan fingerprint density at radius 2 is 0.730 bits per heavy atom. The van der Waals surface area contributed by atoms with Crippen molar-refractivity contribution in [1.29, 1.82) is 0 Å². The first-order chi connectivity index (χ1) is 66.3. The summed E-state index contributed by atoms with van der Waals surface area (Å²) in [5.41, 5.74) is 25.6. The number of carboxylic acid groups (broad SMARTS) is 1. The van der Waals surface area contributed by atoms with Gasteiger partial charge in [-0.05, 0) is 119 Å². The summed E-state index contributed by atoms with van der Waals surface area (Å²) in [6.45, 7) is 13.6. The minimum Gasteiger partial charge on any atom is -0.497 e. The highest BCUT2D eigenvalue weighted by Crippen LogP contribution is 2.42. The van der Waals surface area contributed by atoms with Crippen molar-refractivity contribution in [2.24, 2.45) is 32.8 Å². The summed E-state index contributed by atoms with van der Waals surface area (Å²) in [5, 5.41) is 30.0. The van der Waals surface area contributed by atoms with Crippen LogP contribution in [0.25, 0.3) is 89.2 Å². The van der Waals surface area contributed by atoms with Crippen molar-refractivity contribution in [3.05, 3.63) is 220 Å². The van der Waals surface area contributed by atoms with Gasteiger partial charge in [0.05, 0.1) is 180 Å². The lowest BCUT2D eigenvalue weighted by molar-refractivity contribution is -0.135. The van der Waals surface area contributed by atoms with Gasteiger partial charge in [0.2, 0.25) is 0 Å². The molecule has 0 radical (unpaired) electrons. The number of ether oxygens (including phenoxy) is 9. The van der Waals surface area contributed by atoms with Crippen LogP contribution in [0.15, 0.2) is 220 Å². The molecule has 9 heterocycles. The van der Waals surface area contributed by atoms with Crippen molar-refractivity contribution in [2.75, 3.05) is 156 Å². The van der Waals surface area contributed by atoms with Gasteiger partial charge in [-0.2, -0.15) is 20.4 Å². The Balaban J connectivity index is 0.000000141. The Kier molecular flexibility index (Phi) is 30.7. The lowest BCUT2D eigenvalue weighted by Crippen LogP contribution is -2.50. The lowest BCUT2D eigenvalue weighted by atomic mass is 10.1. The zero-order chi connectivity index (χ0) is 96.4. The zero-order valence-electron chi connectivity index (χ0n) is 79.6. The van der Waals surface area contributed by atoms with Gasteiger partial charge in [0.15, 0.2) is 0 Å². The fourth-order valence-electron chi connectivity index (χ4n) is 15.6. The van der Waals surface area contributed by atoms with E-state index in [4.69, 9.17) is 73.3 Å². The van der Waals surface area contributed by atoms with Crippen LogP contribution >= 0.6 is 0 Å². The van der Waals surface area contributed by atoms with E-state index in [1.165, 1.54) is 12.8 Å². The summed E-state index contributed by atoms with van der Waals surface area (Å²) < 4.78 is 56.3. The summed E-state index contributed by atoms with van der Waals surface area (Å²) >= 11 is 0. The minimum atomic E-state index is -0.975. The molecule has 710 valence electrons. The van der Waals surface area contributed by atoms with Gasteiger partial charge < -0.3 is 83.3 Å². The molecule has 0 unspecified atom stereocenters. The maximum atomic E-state index is 12.4. The summed E-state index contributed by atoms with van der Waals surface area (Å²) in [6, 6.07) is 46.7. The minimum absolute atomic E-state index is 0.237. The summed E-state index contributed by atoms with van der Waals surface area (Å²) in [4.78, 5) is 74.1. The molecular weight excluding hydrogens is 1740 g/mol. The normalized spacial score (nSPS) is 12.5. The van der Waals surface area contributed by atoms with Crippen molar-refractivity contribution in [1.82, 2.24) is 94.1 Å². The number of aliphatic carboxylic acids is 1. The second kappa shape index (κ2) is 43.9. The molecule has 2 aliphatic rings. The van der Waals surface area contributed by atoms with Crippen LogP contribution in [0.2, 0.25) is 0 Å². The van der Waals surface area contributed by atoms with Crippen LogP contribution in [0.3, 0.4) is 0 Å². The van der Waals surface area contributed by atoms with E-state index < -0.39 is 11.6 Å². The molecule has 16 aromatic rings. The number of likely N-dealkylation sites (N-methyl/N-ethyl adjacent to an activating group) is 1. The number of hydrogen-bond donors (Lipinski definition) is 3. The maximum Gasteiger partial charge on any atom is 0.410 e. The third-order valence-corrected chi connectivity index (χ3v) is 22.9. The predicted octanol–water partition coefficient (Wildman–Crippen LogP) is 15.4. The third-order valence-electron chi connectivity index (χ3n) is 22.9. The van der Waals surface area contributed by atoms with Gasteiger partial charge in [0, 0.05) is 252 Å². The molecule has 36 heteroatoms. The highest BCUT2D eigenvalue weighted by molar-refractivity contribution is 5.89. The van der Waals surface area contributed by atoms with Crippen LogP contribution in [0.5, 0.6) is 46.0 Å². The molecule has 2 fully saturated rings. The van der Waals surface area contributed by atoms with Crippen molar-refractivity contribution in [3.8, 4) is 91.0 Å². The average molecular weight is 1860 g/mol. The molecule has 1 saturated heterocycles. The fourth-order valence-corrected chi connectivity index (χ4v) is 15.6. The van der Waals surface area contributed by atoms with E-state index in [0.29, 0.717) is 83.2 Å². The number of carboxylic acids is 1. The molecule has 0 bridgehead atoms. The van der Waals surface area contributed by atoms with Crippen LogP contribution in [0.4, 0.5) is 50.3 Å². The van der Waals surface area contributed by atoms with Crippen LogP contribution in [0.1, 0.15) is 33.6 Å². The van der Waals surface area contributed by atoms with Gasteiger partial charge in [-0.15, -0.1) is 0 Å². The highest BCUT2D eigenvalue weighted by atomic mass is 16.6. The molecule has 4 N–H and O–H groups in total. The molecule has 1 amide bonds. The van der Waals surface area contributed by atoms with E-state index in [1.54, 1.807) is 136 Å². The van der Waals surface area contributed by atoms with E-state index in [9.17, 15) is 14.7 Å². The van der Waals surface area contributed by atoms with E-state index in [0.717, 1.165) is 175 Å². The molecule has 18 rings (SSSR count). The molecule has 0 atom stereocenters. The van der Waals surface area contributed by atoms with E-state index >= 15 is 0 Å². The Morgan fingerprint density at radius 3 is 1.05 bits per heavy atom. The van der Waals surface area contributed by atoms with Crippen LogP contribution in [-0.2, 0) is 37.2 Å². The standard InChI is InChI=1S/C34H43N7O4.C23H26N6O2.C22H24N6O2.C22H21N5O4/c1-34(2,3)45-33(42)39-13-10-38(11-14-39)12-15-40-23-25(20-36-40)32-21-35-30-9-8-26(18-31(30)37-32)41(22-24-6-7-24)27-16-28(43-4)19-29(17-27)44-5;1-24-7-8-29(18-9-19(30-3)12-20(10-18)31-4)17-5-6-21-22(11-17)27-23(14-25-21)16-13-26-28(2)15-16;1-27-14-15(12-25-27)22-13-24-20-5-4-16(10-21(20)26-22)28(7-6-23)17-8-18(29-2)11-19(9-17)30-3;1-26-12-14(10-24-26)21-11-23-19-5-4-15(8-20(19)25-21)27(13-22(28)29)16-6-17(30-2)9-18(7-16)31-3/h8-9,16-21,23-24H,6-7,10-15,22H2,1-5H3;5-6,9-15,24H,7-8H2,1-4H3;4-5,8-14H,6-7,23H2,1-3H3;4-12H,13H2,1-3H3,(H,28,29). The third kappa shape index (κ3) is 24.4. The van der Waals surface area contributed by atoms with E-state index in [-0.39, 0.29) is 12.6 Å². The SMILES string of the molecule is CNCCN(c1cc(OC)cc(OC)c1)c1ccc2ncc(-c3cnn(C)c3)nc2c1.COc1cc(OC)cc(N(CC(=O)O)c2ccc3ncc(-c4cnn(C)c4)nc3c2)c1.COc1cc(OC)cc(N(CC2CC2)c2ccc3ncc(-c4cnn(CCN5CCN(C(=O)OC(C)(C)C)CC5)c4)nc3c2)c1.COc1cc(OC)cc(N(CCN)c2ccc3ncc(-c4cnn(C)c4)nc3c2)c1. The van der Waals surface area contributed by atoms with Crippen molar-refractivity contribution >= 4 is 102 Å². The number of amides is 1. The number of carbonyl (C=O) groups is 2. The fraction of sp³-hybridized carbons (Fsp3) is 0.307. The van der Waals surface area contributed by atoms with E-state index in [2.05, 4.69) is 84.5 Å². The van der Waals surface area contributed by atoms with Gasteiger partial charge in [-0.25, -0.2) is 24.7 Å². The monoisotopic (exact) mass is 1850 g/mol. The second-order valence-electron chi connectivity index (χ2n) is 33.7. The largest absolute Gasteiger partial charge is 0.497 e. The van der Waals surface area contributed by atoms with Crippen LogP contribution in [0, 0.1) is 5.92 Å². The number of anilines is 8. The first-order valence-corrected chi connectivity index (χ1v) is 44.7. The number of nitrogens with zero attached hydrogens (tertiary/aromatic N) is 22. The van der Waals surface area contributed by atoms with Crippen molar-refractivity contribution < 1.29 is 57.3 Å². The summed E-state index contributed by atoms with van der Waals surface area (Å²) in [7, 11) is 20.6. The first-order valence-electron chi connectivity index (χ1n) is 44.7. The molecule has 1 aliphatic heterocycles. The number of rotatable bonds is 32. The molecule has 8 aromatic heterocycles. The summed E-state index contributed by atoms with van der Waals surface area (Å²) in [6.07, 6.45) is 24.2. The lowest BCUT2D eigenvalue weighted by Gasteiger charge is -2.35. The van der Waals surface area contributed by atoms with Gasteiger partial charge in [-0.1, -0.05) is 0 Å². The maximum absolute atomic E-state index is 12.4. The van der Waals surface area contributed by atoms with Gasteiger partial charge in [-0.3, -0.25) is 48.4 Å². The average Bonchev–Trinajstić information content (AvgIpc) is 1.77. The molecule has 1 saturated carbocycles. The number of aryl methyl sites for hydroxylation is 3. The number of hydrogen-bond acceptors (Lipinski definition) is 30. The Hall–Kier alpha value is -15.8. The molecule has 8 aromatic carbocycles. The van der Waals surface area contributed by atoms with Gasteiger partial charge in [0.1, 0.15) is 58.1 Å². The quantitative estimate of drug-likeness (QED) is 0.0352. The second-order valence-corrected chi connectivity index (χ2v) is 33.7. The van der Waals surface area contributed by atoms with Crippen LogP contribution < -0.4 is 68.5 Å². The number of nitrogens with two attached hydrogens (primary N) is 1. The first kappa shape index (κ1) is 95.8. The molecule has 36 nitrogen and oxygen atoms in total. The number of benzene rings is 8. The van der Waals surface area contributed by atoms with Gasteiger partial charge in [0.25, 0.3) is 0 Å². The Bertz CT molecular complexity index is 6780. The van der Waals surface area contributed by atoms with Crippen LogP contribution in [-0.4, -0.2) is 247 Å². The van der Waals surface area contributed by atoms with Crippen molar-refractivity contribution in [3.63, 3.8) is 0 Å². The number of piperazine rings is 1. The van der Waals surface area contributed by atoms with Gasteiger partial charge >= 0.3 is 12.1 Å². The number of aromatic nitrogens is 16. The number of nitrogens with one attached hydrogen (secondary N) is 1. The van der Waals surface area contributed by atoms with Crippen molar-refractivity contribution in [2.45, 2.75) is 45.8 Å². The Morgan fingerprint density at radius 1 is 0.401 bits per heavy atom. The summed E-state index contributed by atoms with van der Waals surface area (Å²) in [5.74, 6) is 5.23.